The fourth-order valence-electron chi connectivity index (χ4n) is 1.44. The molecule has 0 bridgehead atoms. The van der Waals surface area contributed by atoms with E-state index in [0.29, 0.717) is 13.2 Å². The molecule has 1 aliphatic rings. The molecule has 5 heteroatoms. The van der Waals surface area contributed by atoms with Gasteiger partial charge in [0.1, 0.15) is 7.11 Å². The van der Waals surface area contributed by atoms with Gasteiger partial charge in [0.25, 0.3) is 0 Å². The van der Waals surface area contributed by atoms with Crippen molar-refractivity contribution >= 4 is 11.5 Å². The first-order valence-corrected chi connectivity index (χ1v) is 5.21. The molecule has 1 rings (SSSR count). The van der Waals surface area contributed by atoms with Crippen LogP contribution in [0.1, 0.15) is 27.7 Å². The smallest absolute Gasteiger partial charge is 0.216 e. The summed E-state index contributed by atoms with van der Waals surface area (Å²) in [5.41, 5.74) is 0.111. The maximum Gasteiger partial charge on any atom is 0.216 e. The van der Waals surface area contributed by atoms with Crippen LogP contribution in [-0.4, -0.2) is 37.6 Å². The van der Waals surface area contributed by atoms with Crippen LogP contribution < -0.4 is 0 Å². The van der Waals surface area contributed by atoms with Crippen molar-refractivity contribution in [2.24, 2.45) is 10.6 Å². The summed E-state index contributed by atoms with van der Waals surface area (Å²) in [6.45, 7) is 8.19. The molecule has 1 fully saturated rings. The number of Topliss-reactive ketones (excluding diaryl/α,β-unsaturated/α-hetero) is 1. The molecule has 0 N–H and O–H groups in total. The van der Waals surface area contributed by atoms with Crippen molar-refractivity contribution < 1.29 is 19.1 Å². The molecule has 0 aliphatic carbocycles. The van der Waals surface area contributed by atoms with E-state index in [2.05, 4.69) is 9.99 Å². The molecule has 0 atom stereocenters. The van der Waals surface area contributed by atoms with Crippen LogP contribution in [-0.2, 0) is 19.1 Å². The molecular formula is C11H19NO4. The molecule has 0 aromatic carbocycles. The number of hydrogen-bond donors (Lipinski definition) is 0. The summed E-state index contributed by atoms with van der Waals surface area (Å²) in [6, 6.07) is 0. The number of ketones is 1. The Morgan fingerprint density at radius 3 is 2.12 bits per heavy atom. The molecule has 92 valence electrons. The van der Waals surface area contributed by atoms with E-state index in [4.69, 9.17) is 9.47 Å². The van der Waals surface area contributed by atoms with Crippen LogP contribution in [0.2, 0.25) is 0 Å². The first kappa shape index (κ1) is 13.1. The molecule has 0 unspecified atom stereocenters. The third kappa shape index (κ3) is 2.80. The van der Waals surface area contributed by atoms with Crippen molar-refractivity contribution in [1.29, 1.82) is 0 Å². The summed E-state index contributed by atoms with van der Waals surface area (Å²) in [5.74, 6) is -1.32. The topological polar surface area (TPSA) is 57.1 Å². The van der Waals surface area contributed by atoms with E-state index in [9.17, 15) is 4.79 Å². The van der Waals surface area contributed by atoms with E-state index in [0.717, 1.165) is 0 Å². The molecule has 0 aromatic heterocycles. The minimum Gasteiger partial charge on any atom is -0.399 e. The highest BCUT2D eigenvalue weighted by Crippen LogP contribution is 2.30. The van der Waals surface area contributed by atoms with Gasteiger partial charge in [-0.25, -0.2) is 0 Å². The summed E-state index contributed by atoms with van der Waals surface area (Å²) < 4.78 is 11.2. The first-order chi connectivity index (χ1) is 7.31. The molecule has 16 heavy (non-hydrogen) atoms. The average Bonchev–Trinajstić information content (AvgIpc) is 2.19. The largest absolute Gasteiger partial charge is 0.399 e. The maximum absolute atomic E-state index is 11.4. The van der Waals surface area contributed by atoms with Crippen molar-refractivity contribution in [2.75, 3.05) is 20.3 Å². The zero-order chi connectivity index (χ0) is 12.4. The molecule has 1 heterocycles. The maximum atomic E-state index is 11.4. The lowest BCUT2D eigenvalue weighted by molar-refractivity contribution is -0.250. The molecule has 0 saturated carbocycles. The zero-order valence-electron chi connectivity index (χ0n) is 10.5. The summed E-state index contributed by atoms with van der Waals surface area (Å²) in [4.78, 5) is 16.1. The van der Waals surface area contributed by atoms with E-state index in [-0.39, 0.29) is 16.9 Å². The van der Waals surface area contributed by atoms with Crippen LogP contribution in [0.4, 0.5) is 0 Å². The Morgan fingerprint density at radius 2 is 1.75 bits per heavy atom. The third-order valence-corrected chi connectivity index (χ3v) is 2.42. The van der Waals surface area contributed by atoms with E-state index < -0.39 is 5.79 Å². The Kier molecular flexibility index (Phi) is 3.70. The third-order valence-electron chi connectivity index (χ3n) is 2.42. The molecule has 0 aromatic rings. The van der Waals surface area contributed by atoms with Gasteiger partial charge in [0, 0.05) is 12.3 Å². The van der Waals surface area contributed by atoms with Gasteiger partial charge in [0.15, 0.2) is 11.5 Å². The van der Waals surface area contributed by atoms with Crippen LogP contribution in [0.3, 0.4) is 0 Å². The summed E-state index contributed by atoms with van der Waals surface area (Å²) >= 11 is 0. The van der Waals surface area contributed by atoms with Gasteiger partial charge in [-0.3, -0.25) is 4.79 Å². The monoisotopic (exact) mass is 229 g/mol. The molecule has 0 spiro atoms. The lowest BCUT2D eigenvalue weighted by Gasteiger charge is -2.40. The molecule has 0 radical (unpaired) electrons. The lowest BCUT2D eigenvalue weighted by atomic mass is 9.94. The normalized spacial score (nSPS) is 23.9. The lowest BCUT2D eigenvalue weighted by Crippen LogP contribution is -2.52. The van der Waals surface area contributed by atoms with E-state index in [1.807, 2.05) is 13.8 Å². The highest BCUT2D eigenvalue weighted by atomic mass is 16.7. The van der Waals surface area contributed by atoms with Gasteiger partial charge in [0.05, 0.1) is 13.2 Å². The van der Waals surface area contributed by atoms with Gasteiger partial charge < -0.3 is 14.3 Å². The zero-order valence-corrected chi connectivity index (χ0v) is 10.5. The van der Waals surface area contributed by atoms with Crippen LogP contribution in [0, 0.1) is 5.41 Å². The summed E-state index contributed by atoms with van der Waals surface area (Å²) in [7, 11) is 1.39. The van der Waals surface area contributed by atoms with Gasteiger partial charge in [-0.2, -0.15) is 0 Å². The van der Waals surface area contributed by atoms with Gasteiger partial charge in [0.2, 0.25) is 5.79 Å². The van der Waals surface area contributed by atoms with Crippen LogP contribution >= 0.6 is 0 Å². The molecule has 5 nitrogen and oxygen atoms in total. The standard InChI is InChI=1S/C11H19NO4/c1-8(13)9(12-14-5)11(4)15-6-10(2,3)7-16-11/h6-7H2,1-5H3. The fraction of sp³-hybridized carbons (Fsp3) is 0.818. The Bertz CT molecular complexity index is 299. The fourth-order valence-corrected chi connectivity index (χ4v) is 1.44. The van der Waals surface area contributed by atoms with Crippen molar-refractivity contribution in [3.63, 3.8) is 0 Å². The number of hydrogen-bond acceptors (Lipinski definition) is 5. The second kappa shape index (κ2) is 4.51. The quantitative estimate of drug-likeness (QED) is 0.541. The number of carbonyl (C=O) groups excluding carboxylic acids is 1. The Hall–Kier alpha value is -0.940. The molecule has 0 amide bonds. The number of carbonyl (C=O) groups is 1. The number of oxime groups is 1. The van der Waals surface area contributed by atoms with Crippen LogP contribution in [0.5, 0.6) is 0 Å². The summed E-state index contributed by atoms with van der Waals surface area (Å²) in [5, 5.41) is 3.68. The van der Waals surface area contributed by atoms with Crippen LogP contribution in [0.25, 0.3) is 0 Å². The van der Waals surface area contributed by atoms with Crippen LogP contribution in [0.15, 0.2) is 5.16 Å². The predicted molar refractivity (Wildman–Crippen MR) is 59.2 cm³/mol. The second-order valence-electron chi connectivity index (χ2n) is 4.87. The summed E-state index contributed by atoms with van der Waals surface area (Å²) in [6.07, 6.45) is 0. The molecule has 1 saturated heterocycles. The first-order valence-electron chi connectivity index (χ1n) is 5.21. The van der Waals surface area contributed by atoms with Gasteiger partial charge in [-0.1, -0.05) is 19.0 Å². The van der Waals surface area contributed by atoms with E-state index in [1.165, 1.54) is 14.0 Å². The number of nitrogens with zero attached hydrogens (tertiary/aromatic N) is 1. The van der Waals surface area contributed by atoms with Gasteiger partial charge >= 0.3 is 0 Å². The van der Waals surface area contributed by atoms with Gasteiger partial charge in [-0.05, 0) is 6.92 Å². The Balaban J connectivity index is 2.86. The Morgan fingerprint density at radius 1 is 1.25 bits per heavy atom. The van der Waals surface area contributed by atoms with Crippen molar-refractivity contribution in [3.05, 3.63) is 0 Å². The van der Waals surface area contributed by atoms with Gasteiger partial charge in [-0.15, -0.1) is 0 Å². The SMILES string of the molecule is CON=C(C(C)=O)C1(C)OCC(C)(C)CO1. The van der Waals surface area contributed by atoms with E-state index in [1.54, 1.807) is 6.92 Å². The highest BCUT2D eigenvalue weighted by molar-refractivity contribution is 6.41. The highest BCUT2D eigenvalue weighted by Gasteiger charge is 2.43. The number of rotatable bonds is 3. The predicted octanol–water partition coefficient (Wildman–Crippen LogP) is 1.37. The van der Waals surface area contributed by atoms with Crippen molar-refractivity contribution in [3.8, 4) is 0 Å². The van der Waals surface area contributed by atoms with Crippen molar-refractivity contribution in [1.82, 2.24) is 0 Å². The average molecular weight is 229 g/mol. The minimum atomic E-state index is -1.10. The van der Waals surface area contributed by atoms with Crippen molar-refractivity contribution in [2.45, 2.75) is 33.5 Å². The van der Waals surface area contributed by atoms with E-state index >= 15 is 0 Å². The number of ether oxygens (including phenoxy) is 2. The molecular weight excluding hydrogens is 210 g/mol. The molecule has 1 aliphatic heterocycles. The Labute approximate surface area is 95.7 Å². The minimum absolute atomic E-state index is 0.0471. The second-order valence-corrected chi connectivity index (χ2v) is 4.87.